The average molecular weight is 492 g/mol. The predicted molar refractivity (Wildman–Crippen MR) is 136 cm³/mol. The number of nitrogens with one attached hydrogen (secondary N) is 3. The maximum Gasteiger partial charge on any atom is 0.272 e. The molecular formula is C27H33N5O4. The van der Waals surface area contributed by atoms with E-state index in [9.17, 15) is 19.5 Å². The smallest absolute Gasteiger partial charge is 0.272 e. The molecule has 0 saturated carbocycles. The van der Waals surface area contributed by atoms with Crippen molar-refractivity contribution in [2.24, 2.45) is 0 Å². The Bertz CT molecular complexity index is 1180. The molecule has 2 atom stereocenters. The van der Waals surface area contributed by atoms with E-state index in [1.165, 1.54) is 4.90 Å². The molecule has 9 nitrogen and oxygen atoms in total. The summed E-state index contributed by atoms with van der Waals surface area (Å²) in [5.74, 6) is -1.48. The number of nitrogens with zero attached hydrogens (tertiary/aromatic N) is 2. The van der Waals surface area contributed by atoms with Crippen molar-refractivity contribution in [3.05, 3.63) is 88.7 Å². The summed E-state index contributed by atoms with van der Waals surface area (Å²) in [4.78, 5) is 39.8. The number of aliphatic hydroxyl groups excluding tert-OH is 1. The van der Waals surface area contributed by atoms with Gasteiger partial charge in [0.1, 0.15) is 5.69 Å². The van der Waals surface area contributed by atoms with Crippen LogP contribution in [0, 0.1) is 13.8 Å². The zero-order valence-corrected chi connectivity index (χ0v) is 20.8. The minimum absolute atomic E-state index is 0.160. The number of benzene rings is 2. The third kappa shape index (κ3) is 7.26. The molecule has 1 heterocycles. The van der Waals surface area contributed by atoms with Gasteiger partial charge in [-0.3, -0.25) is 19.5 Å². The molecule has 0 radical (unpaired) electrons. The van der Waals surface area contributed by atoms with Crippen LogP contribution in [0.25, 0.3) is 0 Å². The van der Waals surface area contributed by atoms with Crippen LogP contribution in [-0.4, -0.2) is 63.2 Å². The number of H-pyrrole nitrogens is 1. The number of hydrogen-bond acceptors (Lipinski definition) is 5. The van der Waals surface area contributed by atoms with E-state index >= 15 is 0 Å². The highest BCUT2D eigenvalue weighted by molar-refractivity contribution is 5.93. The lowest BCUT2D eigenvalue weighted by Gasteiger charge is -2.28. The standard InChI is InChI=1S/C27H33N5O4/c1-4-32(17-24(33)28-16-21-13-9-8-10-18(21)2)27(36)25(34)22(15-20-11-6-5-7-12-20)29-26(35)23-14-19(3)30-31-23/h5-14,22,25,34H,4,15-17H2,1-3H3,(H,28,33)(H,29,35)(H,30,31). The predicted octanol–water partition coefficient (Wildman–Crippen LogP) is 1.89. The molecule has 4 N–H and O–H groups in total. The lowest BCUT2D eigenvalue weighted by atomic mass is 10.00. The van der Waals surface area contributed by atoms with Crippen molar-refractivity contribution in [2.45, 2.75) is 45.9 Å². The van der Waals surface area contributed by atoms with Gasteiger partial charge in [0.05, 0.1) is 12.6 Å². The summed E-state index contributed by atoms with van der Waals surface area (Å²) in [7, 11) is 0. The van der Waals surface area contributed by atoms with E-state index in [1.807, 2.05) is 61.5 Å². The fourth-order valence-corrected chi connectivity index (χ4v) is 3.82. The van der Waals surface area contributed by atoms with Crippen molar-refractivity contribution < 1.29 is 19.5 Å². The second-order valence-electron chi connectivity index (χ2n) is 8.71. The Labute approximate surface area is 210 Å². The summed E-state index contributed by atoms with van der Waals surface area (Å²) in [6.07, 6.45) is -1.33. The largest absolute Gasteiger partial charge is 0.381 e. The zero-order valence-electron chi connectivity index (χ0n) is 20.8. The fraction of sp³-hybridized carbons (Fsp3) is 0.333. The Morgan fingerprint density at radius 2 is 1.75 bits per heavy atom. The van der Waals surface area contributed by atoms with Crippen LogP contribution in [-0.2, 0) is 22.6 Å². The first-order chi connectivity index (χ1) is 17.3. The highest BCUT2D eigenvalue weighted by Crippen LogP contribution is 2.11. The Morgan fingerprint density at radius 1 is 1.06 bits per heavy atom. The normalized spacial score (nSPS) is 12.4. The van der Waals surface area contributed by atoms with Crippen molar-refractivity contribution >= 4 is 17.7 Å². The van der Waals surface area contributed by atoms with E-state index in [4.69, 9.17) is 0 Å². The molecule has 36 heavy (non-hydrogen) atoms. The lowest BCUT2D eigenvalue weighted by molar-refractivity contribution is -0.144. The van der Waals surface area contributed by atoms with E-state index in [0.29, 0.717) is 12.2 Å². The zero-order chi connectivity index (χ0) is 26.1. The number of hydrogen-bond donors (Lipinski definition) is 4. The summed E-state index contributed by atoms with van der Waals surface area (Å²) < 4.78 is 0. The Balaban J connectivity index is 1.68. The number of rotatable bonds is 11. The van der Waals surface area contributed by atoms with Gasteiger partial charge in [-0.15, -0.1) is 0 Å². The van der Waals surface area contributed by atoms with Crippen LogP contribution in [0.5, 0.6) is 0 Å². The molecule has 0 bridgehead atoms. The molecule has 0 aliphatic heterocycles. The van der Waals surface area contributed by atoms with Gasteiger partial charge in [0.15, 0.2) is 6.10 Å². The monoisotopic (exact) mass is 491 g/mol. The van der Waals surface area contributed by atoms with Crippen LogP contribution in [0.1, 0.15) is 39.8 Å². The summed E-state index contributed by atoms with van der Waals surface area (Å²) in [5.41, 5.74) is 3.76. The van der Waals surface area contributed by atoms with E-state index < -0.39 is 24.0 Å². The molecule has 3 aromatic rings. The molecule has 0 fully saturated rings. The third-order valence-electron chi connectivity index (χ3n) is 5.95. The second kappa shape index (κ2) is 12.6. The molecule has 0 aliphatic rings. The molecule has 9 heteroatoms. The molecule has 0 saturated heterocycles. The molecule has 3 amide bonds. The van der Waals surface area contributed by atoms with Crippen molar-refractivity contribution in [2.75, 3.05) is 13.1 Å². The number of carbonyl (C=O) groups is 3. The van der Waals surface area contributed by atoms with Crippen LogP contribution in [0.3, 0.4) is 0 Å². The Kier molecular flexibility index (Phi) is 9.35. The summed E-state index contributed by atoms with van der Waals surface area (Å²) in [5, 5.41) is 23.3. The van der Waals surface area contributed by atoms with Crippen LogP contribution >= 0.6 is 0 Å². The van der Waals surface area contributed by atoms with Gasteiger partial charge in [-0.25, -0.2) is 0 Å². The molecular weight excluding hydrogens is 458 g/mol. The first-order valence-corrected chi connectivity index (χ1v) is 11.9. The van der Waals surface area contributed by atoms with Crippen molar-refractivity contribution in [3.63, 3.8) is 0 Å². The SMILES string of the molecule is CCN(CC(=O)NCc1ccccc1C)C(=O)C(O)C(Cc1ccccc1)NC(=O)c1cc(C)[nH]n1. The van der Waals surface area contributed by atoms with Crippen molar-refractivity contribution in [1.29, 1.82) is 0 Å². The van der Waals surface area contributed by atoms with Crippen LogP contribution < -0.4 is 10.6 Å². The Morgan fingerprint density at radius 3 is 2.39 bits per heavy atom. The van der Waals surface area contributed by atoms with Crippen LogP contribution in [0.4, 0.5) is 0 Å². The van der Waals surface area contributed by atoms with Gasteiger partial charge in [-0.2, -0.15) is 5.10 Å². The van der Waals surface area contributed by atoms with Gasteiger partial charge in [0, 0.05) is 18.8 Å². The van der Waals surface area contributed by atoms with E-state index in [0.717, 1.165) is 16.7 Å². The van der Waals surface area contributed by atoms with Gasteiger partial charge in [-0.1, -0.05) is 54.6 Å². The minimum Gasteiger partial charge on any atom is -0.381 e. The number of aromatic amines is 1. The average Bonchev–Trinajstić information content (AvgIpc) is 3.32. The number of aliphatic hydroxyl groups is 1. The molecule has 2 unspecified atom stereocenters. The number of aryl methyl sites for hydroxylation is 2. The number of amides is 3. The molecule has 190 valence electrons. The summed E-state index contributed by atoms with van der Waals surface area (Å²) >= 11 is 0. The molecule has 1 aromatic heterocycles. The summed E-state index contributed by atoms with van der Waals surface area (Å²) in [6.45, 7) is 5.82. The fourth-order valence-electron chi connectivity index (χ4n) is 3.82. The highest BCUT2D eigenvalue weighted by atomic mass is 16.3. The van der Waals surface area contributed by atoms with Crippen LogP contribution in [0.2, 0.25) is 0 Å². The first kappa shape index (κ1) is 26.6. The number of aromatic nitrogens is 2. The maximum atomic E-state index is 13.2. The van der Waals surface area contributed by atoms with E-state index in [1.54, 1.807) is 19.9 Å². The van der Waals surface area contributed by atoms with Gasteiger partial charge >= 0.3 is 0 Å². The Hall–Kier alpha value is -3.98. The third-order valence-corrected chi connectivity index (χ3v) is 5.95. The van der Waals surface area contributed by atoms with Crippen molar-refractivity contribution in [3.8, 4) is 0 Å². The molecule has 0 spiro atoms. The quantitative estimate of drug-likeness (QED) is 0.326. The highest BCUT2D eigenvalue weighted by Gasteiger charge is 2.32. The maximum absolute atomic E-state index is 13.2. The topological polar surface area (TPSA) is 127 Å². The van der Waals surface area contributed by atoms with Gasteiger partial charge in [-0.05, 0) is 49.9 Å². The number of likely N-dealkylation sites (N-methyl/N-ethyl adjacent to an activating group) is 1. The van der Waals surface area contributed by atoms with E-state index in [2.05, 4.69) is 20.8 Å². The molecule has 0 aliphatic carbocycles. The summed E-state index contributed by atoms with van der Waals surface area (Å²) in [6, 6.07) is 17.6. The van der Waals surface area contributed by atoms with Gasteiger partial charge < -0.3 is 20.6 Å². The van der Waals surface area contributed by atoms with E-state index in [-0.39, 0.29) is 31.1 Å². The first-order valence-electron chi connectivity index (χ1n) is 11.9. The number of carbonyl (C=O) groups excluding carboxylic acids is 3. The van der Waals surface area contributed by atoms with Gasteiger partial charge in [0.25, 0.3) is 11.8 Å². The molecule has 2 aromatic carbocycles. The lowest BCUT2D eigenvalue weighted by Crippen LogP contribution is -2.54. The van der Waals surface area contributed by atoms with Gasteiger partial charge in [0.2, 0.25) is 5.91 Å². The second-order valence-corrected chi connectivity index (χ2v) is 8.71. The van der Waals surface area contributed by atoms with Crippen LogP contribution in [0.15, 0.2) is 60.7 Å². The molecule has 3 rings (SSSR count). The minimum atomic E-state index is -1.56. The van der Waals surface area contributed by atoms with Crippen molar-refractivity contribution in [1.82, 2.24) is 25.7 Å².